The first-order valence-corrected chi connectivity index (χ1v) is 9.96. The zero-order valence-electron chi connectivity index (χ0n) is 15.4. The Labute approximate surface area is 156 Å². The van der Waals surface area contributed by atoms with Gasteiger partial charge in [-0.3, -0.25) is 4.90 Å². The van der Waals surface area contributed by atoms with E-state index in [0.29, 0.717) is 17.9 Å². The van der Waals surface area contributed by atoms with Crippen molar-refractivity contribution in [1.82, 2.24) is 4.90 Å². The van der Waals surface area contributed by atoms with Crippen molar-refractivity contribution in [3.05, 3.63) is 59.8 Å². The Bertz CT molecular complexity index is 637. The zero-order valence-corrected chi connectivity index (χ0v) is 15.4. The molecule has 1 aliphatic carbocycles. The molecule has 0 amide bonds. The van der Waals surface area contributed by atoms with Crippen LogP contribution in [0.15, 0.2) is 54.3 Å². The molecular formula is C22H30N2O2. The molecule has 3 aliphatic rings. The van der Waals surface area contributed by atoms with Gasteiger partial charge in [0.15, 0.2) is 6.29 Å². The number of allylic oxidation sites excluding steroid dienone is 3. The molecule has 2 aliphatic heterocycles. The molecule has 0 spiro atoms. The fourth-order valence-electron chi connectivity index (χ4n) is 4.64. The van der Waals surface area contributed by atoms with Crippen molar-refractivity contribution in [2.24, 2.45) is 17.6 Å². The van der Waals surface area contributed by atoms with Crippen molar-refractivity contribution in [2.45, 2.75) is 44.6 Å². The average Bonchev–Trinajstić information content (AvgIpc) is 2.69. The molecule has 4 nitrogen and oxygen atoms in total. The van der Waals surface area contributed by atoms with E-state index in [1.807, 2.05) is 0 Å². The molecular weight excluding hydrogens is 324 g/mol. The van der Waals surface area contributed by atoms with Gasteiger partial charge in [0, 0.05) is 30.1 Å². The van der Waals surface area contributed by atoms with E-state index in [1.54, 1.807) is 0 Å². The Hall–Kier alpha value is -1.62. The van der Waals surface area contributed by atoms with Crippen LogP contribution in [-0.2, 0) is 16.0 Å². The lowest BCUT2D eigenvalue weighted by Gasteiger charge is -2.46. The monoisotopic (exact) mass is 354 g/mol. The predicted octanol–water partition coefficient (Wildman–Crippen LogP) is 3.45. The van der Waals surface area contributed by atoms with E-state index in [0.717, 1.165) is 57.7 Å². The Balaban J connectivity index is 1.48. The molecule has 0 bridgehead atoms. The van der Waals surface area contributed by atoms with Gasteiger partial charge >= 0.3 is 0 Å². The van der Waals surface area contributed by atoms with Gasteiger partial charge < -0.3 is 15.2 Å². The number of benzene rings is 1. The third-order valence-corrected chi connectivity index (χ3v) is 5.98. The highest BCUT2D eigenvalue weighted by Crippen LogP contribution is 2.38. The van der Waals surface area contributed by atoms with Crippen LogP contribution in [0.25, 0.3) is 0 Å². The Kier molecular flexibility index (Phi) is 5.73. The third kappa shape index (κ3) is 4.03. The molecule has 0 aromatic heterocycles. The van der Waals surface area contributed by atoms with Gasteiger partial charge in [-0.25, -0.2) is 0 Å². The molecule has 2 saturated heterocycles. The fraction of sp³-hybridized carbons (Fsp3) is 0.545. The first-order valence-electron chi connectivity index (χ1n) is 9.96. The lowest BCUT2D eigenvalue weighted by Crippen LogP contribution is -2.50. The Morgan fingerprint density at radius 3 is 2.69 bits per heavy atom. The van der Waals surface area contributed by atoms with E-state index in [9.17, 15) is 0 Å². The summed E-state index contributed by atoms with van der Waals surface area (Å²) in [5.74, 6) is 0.964. The lowest BCUT2D eigenvalue weighted by atomic mass is 9.74. The van der Waals surface area contributed by atoms with Crippen molar-refractivity contribution in [1.29, 1.82) is 0 Å². The van der Waals surface area contributed by atoms with Crippen LogP contribution in [0, 0.1) is 11.8 Å². The summed E-state index contributed by atoms with van der Waals surface area (Å²) in [6.07, 6.45) is 10.7. The maximum atomic E-state index is 6.33. The second-order valence-electron chi connectivity index (χ2n) is 7.65. The molecule has 1 aromatic rings. The quantitative estimate of drug-likeness (QED) is 0.880. The van der Waals surface area contributed by atoms with E-state index in [4.69, 9.17) is 15.2 Å². The summed E-state index contributed by atoms with van der Waals surface area (Å²) in [5.41, 5.74) is 8.76. The van der Waals surface area contributed by atoms with E-state index < -0.39 is 0 Å². The third-order valence-electron chi connectivity index (χ3n) is 5.98. The molecule has 3 unspecified atom stereocenters. The molecule has 2 N–H and O–H groups in total. The van der Waals surface area contributed by atoms with Crippen LogP contribution >= 0.6 is 0 Å². The number of likely N-dealkylation sites (tertiary alicyclic amines) is 1. The minimum atomic E-state index is -0.0387. The van der Waals surface area contributed by atoms with Gasteiger partial charge in [-0.1, -0.05) is 42.5 Å². The van der Waals surface area contributed by atoms with Gasteiger partial charge in [0.25, 0.3) is 0 Å². The van der Waals surface area contributed by atoms with Gasteiger partial charge in [-0.05, 0) is 43.9 Å². The number of hydrogen-bond donors (Lipinski definition) is 1. The number of nitrogens with two attached hydrogens (primary N) is 1. The van der Waals surface area contributed by atoms with Crippen molar-refractivity contribution in [3.63, 3.8) is 0 Å². The van der Waals surface area contributed by atoms with Crippen LogP contribution < -0.4 is 5.73 Å². The second kappa shape index (κ2) is 8.38. The maximum Gasteiger partial charge on any atom is 0.157 e. The Morgan fingerprint density at radius 1 is 1.08 bits per heavy atom. The number of nitrogens with zero attached hydrogens (tertiary/aromatic N) is 1. The van der Waals surface area contributed by atoms with Crippen LogP contribution in [0.5, 0.6) is 0 Å². The van der Waals surface area contributed by atoms with Crippen molar-refractivity contribution in [3.8, 4) is 0 Å². The normalized spacial score (nSPS) is 30.0. The van der Waals surface area contributed by atoms with Gasteiger partial charge in [0.1, 0.15) is 0 Å². The molecule has 3 atom stereocenters. The highest BCUT2D eigenvalue weighted by Gasteiger charge is 2.38. The van der Waals surface area contributed by atoms with Gasteiger partial charge in [-0.15, -0.1) is 0 Å². The first-order chi connectivity index (χ1) is 12.8. The molecule has 2 heterocycles. The fourth-order valence-corrected chi connectivity index (χ4v) is 4.64. The number of hydrogen-bond acceptors (Lipinski definition) is 4. The maximum absolute atomic E-state index is 6.33. The molecule has 1 aromatic carbocycles. The first kappa shape index (κ1) is 17.8. The number of fused-ring (bicyclic) bond motifs is 1. The largest absolute Gasteiger partial charge is 0.402 e. The molecule has 140 valence electrons. The molecule has 2 fully saturated rings. The van der Waals surface area contributed by atoms with E-state index in [1.165, 1.54) is 5.56 Å². The summed E-state index contributed by atoms with van der Waals surface area (Å²) < 4.78 is 11.6. The summed E-state index contributed by atoms with van der Waals surface area (Å²) in [7, 11) is 0. The van der Waals surface area contributed by atoms with Gasteiger partial charge in [0.2, 0.25) is 0 Å². The standard InChI is InChI=1S/C22H30N2O2/c23-20-9-4-8-19-18(20)12-13-24(16-17-6-2-1-3-7-17)21(19)10-11-22-25-14-5-15-26-22/h1-4,6-9,18-19,21-22H,5,10-16,23H2. The molecule has 4 heteroatoms. The van der Waals surface area contributed by atoms with Crippen molar-refractivity contribution in [2.75, 3.05) is 19.8 Å². The second-order valence-corrected chi connectivity index (χ2v) is 7.65. The zero-order chi connectivity index (χ0) is 17.8. The van der Waals surface area contributed by atoms with Crippen molar-refractivity contribution < 1.29 is 9.47 Å². The molecule has 0 saturated carbocycles. The molecule has 26 heavy (non-hydrogen) atoms. The molecule has 4 rings (SSSR count). The van der Waals surface area contributed by atoms with Crippen LogP contribution in [0.2, 0.25) is 0 Å². The van der Waals surface area contributed by atoms with E-state index >= 15 is 0 Å². The molecule has 0 radical (unpaired) electrons. The summed E-state index contributed by atoms with van der Waals surface area (Å²) in [5, 5.41) is 0. The SMILES string of the molecule is NC1=CC=CC2C1CCN(Cc1ccccc1)C2CCC1OCCCO1. The minimum Gasteiger partial charge on any atom is -0.402 e. The minimum absolute atomic E-state index is 0.0387. The van der Waals surface area contributed by atoms with Crippen LogP contribution in [0.4, 0.5) is 0 Å². The summed E-state index contributed by atoms with van der Waals surface area (Å²) in [4.78, 5) is 2.64. The Morgan fingerprint density at radius 2 is 1.88 bits per heavy atom. The summed E-state index contributed by atoms with van der Waals surface area (Å²) >= 11 is 0. The predicted molar refractivity (Wildman–Crippen MR) is 103 cm³/mol. The summed E-state index contributed by atoms with van der Waals surface area (Å²) in [6.45, 7) is 3.74. The van der Waals surface area contributed by atoms with Crippen LogP contribution in [0.1, 0.15) is 31.2 Å². The van der Waals surface area contributed by atoms with E-state index in [-0.39, 0.29) is 6.29 Å². The number of ether oxygens (including phenoxy) is 2. The van der Waals surface area contributed by atoms with Gasteiger partial charge in [0.05, 0.1) is 13.2 Å². The smallest absolute Gasteiger partial charge is 0.157 e. The lowest BCUT2D eigenvalue weighted by molar-refractivity contribution is -0.183. The summed E-state index contributed by atoms with van der Waals surface area (Å²) in [6, 6.07) is 11.3. The van der Waals surface area contributed by atoms with Crippen molar-refractivity contribution >= 4 is 0 Å². The van der Waals surface area contributed by atoms with Crippen LogP contribution in [0.3, 0.4) is 0 Å². The highest BCUT2D eigenvalue weighted by atomic mass is 16.7. The number of rotatable bonds is 5. The highest BCUT2D eigenvalue weighted by molar-refractivity contribution is 5.24. The topological polar surface area (TPSA) is 47.7 Å². The van der Waals surface area contributed by atoms with Gasteiger partial charge in [-0.2, -0.15) is 0 Å². The van der Waals surface area contributed by atoms with E-state index in [2.05, 4.69) is 53.5 Å². The number of piperidine rings is 1. The average molecular weight is 354 g/mol. The van der Waals surface area contributed by atoms with Crippen LogP contribution in [-0.4, -0.2) is 37.0 Å².